The maximum atomic E-state index is 11.9. The number of likely N-dealkylation sites (tertiary alicyclic amines) is 1. The first-order valence-corrected chi connectivity index (χ1v) is 5.90. The van der Waals surface area contributed by atoms with Gasteiger partial charge in [-0.3, -0.25) is 9.59 Å². The van der Waals surface area contributed by atoms with Gasteiger partial charge >= 0.3 is 5.97 Å². The van der Waals surface area contributed by atoms with E-state index in [0.29, 0.717) is 25.2 Å². The average molecular weight is 240 g/mol. The third-order valence-electron chi connectivity index (χ3n) is 2.66. The highest BCUT2D eigenvalue weighted by molar-refractivity contribution is 7.09. The molecule has 2 rings (SSSR count). The molecule has 0 unspecified atom stereocenters. The van der Waals surface area contributed by atoms with E-state index in [1.807, 2.05) is 6.92 Å². The molecule has 1 aliphatic heterocycles. The Morgan fingerprint density at radius 1 is 1.62 bits per heavy atom. The van der Waals surface area contributed by atoms with Gasteiger partial charge in [-0.25, -0.2) is 4.98 Å². The van der Waals surface area contributed by atoms with E-state index < -0.39 is 11.9 Å². The van der Waals surface area contributed by atoms with Crippen LogP contribution >= 0.6 is 11.3 Å². The molecule has 1 N–H and O–H groups in total. The van der Waals surface area contributed by atoms with E-state index in [0.717, 1.165) is 5.01 Å². The predicted molar refractivity (Wildman–Crippen MR) is 58.5 cm³/mol. The SMILES string of the molecule is Cc1nc(C(=O)N2CC[C@H](C(=O)O)C2)cs1. The molecular weight excluding hydrogens is 228 g/mol. The van der Waals surface area contributed by atoms with Gasteiger partial charge in [-0.1, -0.05) is 0 Å². The number of rotatable bonds is 2. The number of aryl methyl sites for hydroxylation is 1. The van der Waals surface area contributed by atoms with Crippen LogP contribution in [0.1, 0.15) is 21.9 Å². The quantitative estimate of drug-likeness (QED) is 0.837. The van der Waals surface area contributed by atoms with Crippen LogP contribution in [0, 0.1) is 12.8 Å². The Bertz CT molecular complexity index is 429. The molecule has 0 saturated carbocycles. The van der Waals surface area contributed by atoms with E-state index in [1.54, 1.807) is 10.3 Å². The zero-order chi connectivity index (χ0) is 11.7. The highest BCUT2D eigenvalue weighted by atomic mass is 32.1. The third kappa shape index (κ3) is 2.06. The molecule has 16 heavy (non-hydrogen) atoms. The van der Waals surface area contributed by atoms with Crippen LogP contribution in [0.4, 0.5) is 0 Å². The number of carbonyl (C=O) groups is 2. The number of carboxylic acid groups (broad SMARTS) is 1. The van der Waals surface area contributed by atoms with Gasteiger partial charge in [-0.2, -0.15) is 0 Å². The van der Waals surface area contributed by atoms with Crippen molar-refractivity contribution in [3.8, 4) is 0 Å². The number of carboxylic acids is 1. The van der Waals surface area contributed by atoms with Gasteiger partial charge in [0.1, 0.15) is 5.69 Å². The average Bonchev–Trinajstić information content (AvgIpc) is 2.84. The molecule has 1 aliphatic rings. The molecule has 5 nitrogen and oxygen atoms in total. The van der Waals surface area contributed by atoms with Crippen LogP contribution in [0.5, 0.6) is 0 Å². The summed E-state index contributed by atoms with van der Waals surface area (Å²) in [5, 5.41) is 11.4. The lowest BCUT2D eigenvalue weighted by Gasteiger charge is -2.13. The second-order valence-electron chi connectivity index (χ2n) is 3.83. The zero-order valence-electron chi connectivity index (χ0n) is 8.84. The molecule has 0 aromatic carbocycles. The summed E-state index contributed by atoms with van der Waals surface area (Å²) in [6, 6.07) is 0. The van der Waals surface area contributed by atoms with Crippen molar-refractivity contribution < 1.29 is 14.7 Å². The number of aliphatic carboxylic acids is 1. The predicted octanol–water partition coefficient (Wildman–Crippen LogP) is 0.998. The molecule has 1 aromatic rings. The van der Waals surface area contributed by atoms with Crippen LogP contribution in [0.3, 0.4) is 0 Å². The fourth-order valence-electron chi connectivity index (χ4n) is 1.77. The van der Waals surface area contributed by atoms with E-state index in [4.69, 9.17) is 5.11 Å². The lowest BCUT2D eigenvalue weighted by molar-refractivity contribution is -0.141. The van der Waals surface area contributed by atoms with E-state index in [9.17, 15) is 9.59 Å². The number of hydrogen-bond acceptors (Lipinski definition) is 4. The number of carbonyl (C=O) groups excluding carboxylic acids is 1. The summed E-state index contributed by atoms with van der Waals surface area (Å²) in [5.41, 5.74) is 0.425. The number of thiazole rings is 1. The fraction of sp³-hybridized carbons (Fsp3) is 0.500. The first-order chi connectivity index (χ1) is 7.58. The van der Waals surface area contributed by atoms with Crippen molar-refractivity contribution in [2.75, 3.05) is 13.1 Å². The van der Waals surface area contributed by atoms with Crippen molar-refractivity contribution in [1.82, 2.24) is 9.88 Å². The summed E-state index contributed by atoms with van der Waals surface area (Å²) in [7, 11) is 0. The van der Waals surface area contributed by atoms with Gasteiger partial charge in [0.05, 0.1) is 10.9 Å². The van der Waals surface area contributed by atoms with Crippen LogP contribution in [-0.4, -0.2) is 40.0 Å². The molecule has 1 aromatic heterocycles. The molecule has 1 amide bonds. The summed E-state index contributed by atoms with van der Waals surface area (Å²) in [6.07, 6.45) is 0.532. The van der Waals surface area contributed by atoms with Crippen LogP contribution in [0.25, 0.3) is 0 Å². The third-order valence-corrected chi connectivity index (χ3v) is 3.44. The van der Waals surface area contributed by atoms with Crippen LogP contribution in [-0.2, 0) is 4.79 Å². The Morgan fingerprint density at radius 2 is 2.38 bits per heavy atom. The van der Waals surface area contributed by atoms with Crippen LogP contribution in [0.15, 0.2) is 5.38 Å². The van der Waals surface area contributed by atoms with E-state index in [2.05, 4.69) is 4.98 Å². The number of hydrogen-bond donors (Lipinski definition) is 1. The van der Waals surface area contributed by atoms with Crippen LogP contribution in [0.2, 0.25) is 0 Å². The zero-order valence-corrected chi connectivity index (χ0v) is 9.66. The smallest absolute Gasteiger partial charge is 0.308 e. The van der Waals surface area contributed by atoms with E-state index in [1.165, 1.54) is 11.3 Å². The summed E-state index contributed by atoms with van der Waals surface area (Å²) >= 11 is 1.42. The summed E-state index contributed by atoms with van der Waals surface area (Å²) in [6.45, 7) is 2.64. The van der Waals surface area contributed by atoms with Gasteiger partial charge in [0.15, 0.2) is 0 Å². The largest absolute Gasteiger partial charge is 0.481 e. The molecule has 0 radical (unpaired) electrons. The minimum absolute atomic E-state index is 0.159. The summed E-state index contributed by atoms with van der Waals surface area (Å²) < 4.78 is 0. The Morgan fingerprint density at radius 3 is 2.88 bits per heavy atom. The molecule has 0 spiro atoms. The molecule has 0 bridgehead atoms. The highest BCUT2D eigenvalue weighted by Gasteiger charge is 2.31. The molecule has 0 aliphatic carbocycles. The highest BCUT2D eigenvalue weighted by Crippen LogP contribution is 2.19. The molecule has 2 heterocycles. The molecular formula is C10H12N2O3S. The topological polar surface area (TPSA) is 70.5 Å². The van der Waals surface area contributed by atoms with Gasteiger partial charge < -0.3 is 10.0 Å². The summed E-state index contributed by atoms with van der Waals surface area (Å²) in [5.74, 6) is -1.42. The van der Waals surface area contributed by atoms with Crippen LogP contribution < -0.4 is 0 Å². The van der Waals surface area contributed by atoms with Crippen molar-refractivity contribution in [2.24, 2.45) is 5.92 Å². The monoisotopic (exact) mass is 240 g/mol. The number of aromatic nitrogens is 1. The van der Waals surface area contributed by atoms with Crippen molar-refractivity contribution in [2.45, 2.75) is 13.3 Å². The van der Waals surface area contributed by atoms with E-state index >= 15 is 0 Å². The summed E-state index contributed by atoms with van der Waals surface area (Å²) in [4.78, 5) is 28.3. The molecule has 1 fully saturated rings. The standard InChI is InChI=1S/C10H12N2O3S/c1-6-11-8(5-16-6)9(13)12-3-2-7(4-12)10(14)15/h5,7H,2-4H2,1H3,(H,14,15)/t7-/m0/s1. The molecule has 1 atom stereocenters. The maximum Gasteiger partial charge on any atom is 0.308 e. The minimum atomic E-state index is -0.829. The lowest BCUT2D eigenvalue weighted by atomic mass is 10.1. The Hall–Kier alpha value is -1.43. The van der Waals surface area contributed by atoms with Gasteiger partial charge in [-0.15, -0.1) is 11.3 Å². The van der Waals surface area contributed by atoms with Crippen molar-refractivity contribution >= 4 is 23.2 Å². The van der Waals surface area contributed by atoms with Crippen molar-refractivity contribution in [3.63, 3.8) is 0 Å². The first-order valence-electron chi connectivity index (χ1n) is 5.02. The Kier molecular flexibility index (Phi) is 2.91. The van der Waals surface area contributed by atoms with Crippen molar-refractivity contribution in [3.05, 3.63) is 16.1 Å². The lowest BCUT2D eigenvalue weighted by Crippen LogP contribution is -2.30. The Balaban J connectivity index is 2.05. The first kappa shape index (κ1) is 11.1. The van der Waals surface area contributed by atoms with Crippen molar-refractivity contribution in [1.29, 1.82) is 0 Å². The normalized spacial score (nSPS) is 20.1. The molecule has 86 valence electrons. The Labute approximate surface area is 96.7 Å². The second kappa shape index (κ2) is 4.21. The van der Waals surface area contributed by atoms with Gasteiger partial charge in [0, 0.05) is 18.5 Å². The molecule has 6 heteroatoms. The second-order valence-corrected chi connectivity index (χ2v) is 4.89. The van der Waals surface area contributed by atoms with Gasteiger partial charge in [-0.05, 0) is 13.3 Å². The molecule has 1 saturated heterocycles. The maximum absolute atomic E-state index is 11.9. The fourth-order valence-corrected chi connectivity index (χ4v) is 2.36. The van der Waals surface area contributed by atoms with Gasteiger partial charge in [0.25, 0.3) is 5.91 Å². The van der Waals surface area contributed by atoms with Gasteiger partial charge in [0.2, 0.25) is 0 Å². The minimum Gasteiger partial charge on any atom is -0.481 e. The number of nitrogens with zero attached hydrogens (tertiary/aromatic N) is 2. The van der Waals surface area contributed by atoms with E-state index in [-0.39, 0.29) is 5.91 Å². The number of amides is 1.